The molecule has 25 heavy (non-hydrogen) atoms. The maximum atomic E-state index is 6.20. The average Bonchev–Trinajstić information content (AvgIpc) is 3.32. The van der Waals surface area contributed by atoms with E-state index in [1.54, 1.807) is 0 Å². The van der Waals surface area contributed by atoms with Gasteiger partial charge in [-0.3, -0.25) is 5.10 Å². The second-order valence-electron chi connectivity index (χ2n) is 6.58. The lowest BCUT2D eigenvalue weighted by molar-refractivity contribution is 0.449. The second kappa shape index (κ2) is 5.56. The molecule has 0 aliphatic carbocycles. The van der Waals surface area contributed by atoms with Crippen molar-refractivity contribution in [2.24, 2.45) is 0 Å². The number of nitrogen functional groups attached to an aromatic ring is 1. The Balaban J connectivity index is 1.67. The minimum absolute atomic E-state index is 0.402. The van der Waals surface area contributed by atoms with Crippen LogP contribution in [0.15, 0.2) is 30.5 Å². The molecular weight excluding hydrogens is 314 g/mol. The van der Waals surface area contributed by atoms with Gasteiger partial charge in [0.2, 0.25) is 0 Å². The molecule has 1 unspecified atom stereocenters. The summed E-state index contributed by atoms with van der Waals surface area (Å²) in [6.45, 7) is 2.04. The lowest BCUT2D eigenvalue weighted by atomic mass is 9.99. The Morgan fingerprint density at radius 3 is 2.92 bits per heavy atom. The van der Waals surface area contributed by atoms with Crippen LogP contribution in [0.5, 0.6) is 0 Å². The maximum absolute atomic E-state index is 6.20. The summed E-state index contributed by atoms with van der Waals surface area (Å²) < 4.78 is 0. The highest BCUT2D eigenvalue weighted by Crippen LogP contribution is 2.31. The summed E-state index contributed by atoms with van der Waals surface area (Å²) in [5.74, 6) is 1.87. The molecule has 0 amide bonds. The fraction of sp³-hybridized carbons (Fsp3) is 0.278. The number of hydrogen-bond acceptors (Lipinski definition) is 5. The first-order valence-corrected chi connectivity index (χ1v) is 8.59. The molecule has 0 radical (unpaired) electrons. The molecule has 7 nitrogen and oxygen atoms in total. The molecule has 7 heteroatoms. The van der Waals surface area contributed by atoms with E-state index in [1.165, 1.54) is 6.42 Å². The van der Waals surface area contributed by atoms with Gasteiger partial charge in [0.25, 0.3) is 0 Å². The summed E-state index contributed by atoms with van der Waals surface area (Å²) in [5, 5.41) is 11.5. The molecule has 0 saturated carbocycles. The van der Waals surface area contributed by atoms with Gasteiger partial charge in [-0.1, -0.05) is 6.07 Å². The first-order chi connectivity index (χ1) is 12.3. The number of benzene rings is 1. The zero-order valence-corrected chi connectivity index (χ0v) is 13.7. The number of nitrogens with zero attached hydrogens (tertiary/aromatic N) is 3. The third kappa shape index (κ3) is 2.35. The van der Waals surface area contributed by atoms with Gasteiger partial charge in [-0.2, -0.15) is 5.10 Å². The molecule has 1 aliphatic heterocycles. The van der Waals surface area contributed by atoms with E-state index in [-0.39, 0.29) is 0 Å². The Morgan fingerprint density at radius 1 is 1.16 bits per heavy atom. The number of nitrogens with two attached hydrogens (primary N) is 1. The summed E-state index contributed by atoms with van der Waals surface area (Å²) in [6.07, 6.45) is 4.12. The Bertz CT molecular complexity index is 1040. The number of H-pyrrole nitrogens is 2. The normalized spacial score (nSPS) is 18.2. The van der Waals surface area contributed by atoms with Gasteiger partial charge in [0, 0.05) is 29.6 Å². The van der Waals surface area contributed by atoms with Crippen molar-refractivity contribution in [2.45, 2.75) is 18.8 Å². The molecule has 4 aromatic rings. The van der Waals surface area contributed by atoms with Crippen LogP contribution in [-0.2, 0) is 0 Å². The maximum Gasteiger partial charge on any atom is 0.152 e. The third-order valence-corrected chi connectivity index (χ3v) is 4.95. The smallest absolute Gasteiger partial charge is 0.152 e. The number of fused-ring (bicyclic) bond motifs is 3. The van der Waals surface area contributed by atoms with Crippen molar-refractivity contribution < 1.29 is 0 Å². The van der Waals surface area contributed by atoms with Crippen molar-refractivity contribution >= 4 is 27.8 Å². The number of hydrogen-bond donors (Lipinski definition) is 4. The monoisotopic (exact) mass is 333 g/mol. The van der Waals surface area contributed by atoms with Crippen molar-refractivity contribution in [3.05, 3.63) is 36.3 Å². The van der Waals surface area contributed by atoms with E-state index in [2.05, 4.69) is 37.6 Å². The number of aromatic amines is 2. The molecule has 1 atom stereocenters. The summed E-state index contributed by atoms with van der Waals surface area (Å²) in [6, 6.07) is 8.07. The van der Waals surface area contributed by atoms with Crippen LogP contribution < -0.4 is 11.1 Å². The van der Waals surface area contributed by atoms with Gasteiger partial charge in [-0.25, -0.2) is 9.97 Å². The van der Waals surface area contributed by atoms with Crippen molar-refractivity contribution in [2.75, 3.05) is 18.8 Å². The molecule has 1 aliphatic rings. The van der Waals surface area contributed by atoms with Crippen molar-refractivity contribution in [3.63, 3.8) is 0 Å². The van der Waals surface area contributed by atoms with Crippen LogP contribution in [0.25, 0.3) is 33.2 Å². The molecule has 1 aromatic carbocycles. The van der Waals surface area contributed by atoms with Crippen LogP contribution in [0.3, 0.4) is 0 Å². The number of pyridine rings is 1. The van der Waals surface area contributed by atoms with Gasteiger partial charge in [0.05, 0.1) is 16.7 Å². The highest BCUT2D eigenvalue weighted by molar-refractivity contribution is 6.07. The first kappa shape index (κ1) is 14.4. The number of nitrogens with one attached hydrogen (secondary N) is 3. The second-order valence-corrected chi connectivity index (χ2v) is 6.58. The van der Waals surface area contributed by atoms with Crippen LogP contribution in [0, 0.1) is 0 Å². The van der Waals surface area contributed by atoms with Crippen LogP contribution in [0.2, 0.25) is 0 Å². The van der Waals surface area contributed by atoms with Gasteiger partial charge >= 0.3 is 0 Å². The molecule has 5 N–H and O–H groups in total. The Hall–Kier alpha value is -2.93. The standard InChI is InChI=1S/C18H19N7/c19-17-16-15(23-18(24-16)11-2-1-6-20-9-11)12-4-3-10(8-14(12)22-17)13-5-7-21-25-13/h3-5,7-8,11,20H,1-2,6,9H2,(H2,19,22)(H,21,25)(H,23,24). The molecule has 1 saturated heterocycles. The average molecular weight is 333 g/mol. The quantitative estimate of drug-likeness (QED) is 0.451. The molecule has 3 aromatic heterocycles. The van der Waals surface area contributed by atoms with E-state index in [0.717, 1.165) is 58.5 Å². The molecule has 5 rings (SSSR count). The third-order valence-electron chi connectivity index (χ3n) is 4.95. The fourth-order valence-corrected chi connectivity index (χ4v) is 3.65. The minimum atomic E-state index is 0.402. The van der Waals surface area contributed by atoms with Crippen molar-refractivity contribution in [1.82, 2.24) is 30.5 Å². The molecular formula is C18H19N7. The Kier molecular flexibility index (Phi) is 3.21. The number of anilines is 1. The first-order valence-electron chi connectivity index (χ1n) is 8.59. The van der Waals surface area contributed by atoms with Gasteiger partial charge < -0.3 is 16.0 Å². The van der Waals surface area contributed by atoms with Gasteiger partial charge in [0.15, 0.2) is 5.82 Å². The Labute approximate surface area is 144 Å². The van der Waals surface area contributed by atoms with Gasteiger partial charge in [-0.15, -0.1) is 0 Å². The molecule has 0 bridgehead atoms. The zero-order valence-electron chi connectivity index (χ0n) is 13.7. The zero-order chi connectivity index (χ0) is 16.8. The molecule has 0 spiro atoms. The van der Waals surface area contributed by atoms with E-state index >= 15 is 0 Å². The van der Waals surface area contributed by atoms with E-state index in [1.807, 2.05) is 18.3 Å². The summed E-state index contributed by atoms with van der Waals surface area (Å²) >= 11 is 0. The highest BCUT2D eigenvalue weighted by atomic mass is 15.1. The topological polar surface area (TPSA) is 108 Å². The number of rotatable bonds is 2. The van der Waals surface area contributed by atoms with Gasteiger partial charge in [0.1, 0.15) is 11.3 Å². The van der Waals surface area contributed by atoms with E-state index < -0.39 is 0 Å². The highest BCUT2D eigenvalue weighted by Gasteiger charge is 2.20. The van der Waals surface area contributed by atoms with Crippen LogP contribution >= 0.6 is 0 Å². The fourth-order valence-electron chi connectivity index (χ4n) is 3.65. The number of piperidine rings is 1. The lowest BCUT2D eigenvalue weighted by Crippen LogP contribution is -2.28. The molecule has 1 fully saturated rings. The lowest BCUT2D eigenvalue weighted by Gasteiger charge is -2.20. The van der Waals surface area contributed by atoms with E-state index in [4.69, 9.17) is 10.7 Å². The predicted molar refractivity (Wildman–Crippen MR) is 98.2 cm³/mol. The molecule has 126 valence electrons. The van der Waals surface area contributed by atoms with Crippen LogP contribution in [-0.4, -0.2) is 38.2 Å². The summed E-state index contributed by atoms with van der Waals surface area (Å²) in [7, 11) is 0. The number of imidazole rings is 1. The van der Waals surface area contributed by atoms with Crippen molar-refractivity contribution in [1.29, 1.82) is 0 Å². The number of aromatic nitrogens is 5. The van der Waals surface area contributed by atoms with Gasteiger partial charge in [-0.05, 0) is 37.6 Å². The van der Waals surface area contributed by atoms with Crippen molar-refractivity contribution in [3.8, 4) is 11.3 Å². The largest absolute Gasteiger partial charge is 0.382 e. The van der Waals surface area contributed by atoms with E-state index in [0.29, 0.717) is 11.7 Å². The Morgan fingerprint density at radius 2 is 2.12 bits per heavy atom. The van der Waals surface area contributed by atoms with Crippen LogP contribution in [0.4, 0.5) is 5.82 Å². The summed E-state index contributed by atoms with van der Waals surface area (Å²) in [4.78, 5) is 12.8. The van der Waals surface area contributed by atoms with E-state index in [9.17, 15) is 0 Å². The SMILES string of the molecule is Nc1nc2cc(-c3cc[nH]n3)ccc2c2[nH]c(C3CCCNC3)nc12. The summed E-state index contributed by atoms with van der Waals surface area (Å²) in [5.41, 5.74) is 10.7. The molecule has 4 heterocycles. The van der Waals surface area contributed by atoms with Crippen LogP contribution in [0.1, 0.15) is 24.6 Å². The predicted octanol–water partition coefficient (Wildman–Crippen LogP) is 2.55. The minimum Gasteiger partial charge on any atom is -0.382 e.